The fraction of sp³-hybridized carbons (Fsp3) is 0.333. The van der Waals surface area contributed by atoms with Crippen LogP contribution in [-0.2, 0) is 15.1 Å². The number of hydrogen-bond donors (Lipinski definition) is 3. The van der Waals surface area contributed by atoms with Crippen molar-refractivity contribution in [1.29, 1.82) is 0 Å². The van der Waals surface area contributed by atoms with E-state index in [0.717, 1.165) is 16.9 Å². The van der Waals surface area contributed by atoms with Crippen LogP contribution in [-0.4, -0.2) is 48.9 Å². The third-order valence-electron chi connectivity index (χ3n) is 5.41. The predicted octanol–water partition coefficient (Wildman–Crippen LogP) is 2.02. The Kier molecular flexibility index (Phi) is 7.40. The Morgan fingerprint density at radius 3 is 2.41 bits per heavy atom. The van der Waals surface area contributed by atoms with Crippen LogP contribution >= 0.6 is 0 Å². The van der Waals surface area contributed by atoms with Crippen molar-refractivity contribution < 1.29 is 28.7 Å². The zero-order valence-electron chi connectivity index (χ0n) is 19.6. The number of amides is 5. The van der Waals surface area contributed by atoms with Crippen molar-refractivity contribution >= 4 is 23.8 Å². The molecule has 1 aliphatic rings. The van der Waals surface area contributed by atoms with Crippen molar-refractivity contribution in [2.75, 3.05) is 20.3 Å². The summed E-state index contributed by atoms with van der Waals surface area (Å²) < 4.78 is 10.8. The average molecular weight is 469 g/mol. The average Bonchev–Trinajstić information content (AvgIpc) is 3.05. The molecule has 0 saturated carbocycles. The van der Waals surface area contributed by atoms with E-state index in [9.17, 15) is 19.2 Å². The van der Waals surface area contributed by atoms with Gasteiger partial charge in [-0.3, -0.25) is 30.1 Å². The second kappa shape index (κ2) is 10.2. The molecule has 0 bridgehead atoms. The highest BCUT2D eigenvalue weighted by molar-refractivity contribution is 6.09. The summed E-state index contributed by atoms with van der Waals surface area (Å²) in [5.41, 5.74) is 5.05. The highest BCUT2D eigenvalue weighted by atomic mass is 16.5. The number of hydrogen-bond acceptors (Lipinski definition) is 6. The topological polar surface area (TPSA) is 126 Å². The van der Waals surface area contributed by atoms with Crippen molar-refractivity contribution in [3.8, 4) is 11.5 Å². The molecule has 0 radical (unpaired) electrons. The van der Waals surface area contributed by atoms with Gasteiger partial charge in [0, 0.05) is 5.56 Å². The van der Waals surface area contributed by atoms with E-state index in [1.807, 2.05) is 26.0 Å². The van der Waals surface area contributed by atoms with Crippen molar-refractivity contribution in [1.82, 2.24) is 21.1 Å². The Balaban J connectivity index is 1.60. The number of methoxy groups -OCH3 is 1. The fourth-order valence-corrected chi connectivity index (χ4v) is 3.44. The minimum absolute atomic E-state index is 0.225. The van der Waals surface area contributed by atoms with Gasteiger partial charge in [0.15, 0.2) is 11.5 Å². The maximum Gasteiger partial charge on any atom is 0.325 e. The molecule has 3 N–H and O–H groups in total. The molecular formula is C24H28N4O6. The lowest BCUT2D eigenvalue weighted by molar-refractivity contribution is -0.135. The molecule has 0 spiro atoms. The summed E-state index contributed by atoms with van der Waals surface area (Å²) in [7, 11) is 1.46. The van der Waals surface area contributed by atoms with Crippen LogP contribution in [0.2, 0.25) is 0 Å². The lowest BCUT2D eigenvalue weighted by Gasteiger charge is -2.22. The molecule has 1 aliphatic heterocycles. The maximum atomic E-state index is 12.9. The van der Waals surface area contributed by atoms with Crippen LogP contribution in [0.3, 0.4) is 0 Å². The standard InChI is InChI=1S/C24H28N4O6/c1-5-12-34-18-11-8-16(13-19(18)33-4)21(30)27-26-20(29)14-28-22(31)24(3,25-23(28)32)17-9-6-15(2)7-10-17/h6-11,13H,5,12,14H2,1-4H3,(H,25,32)(H,26,29)(H,27,30). The Hall–Kier alpha value is -4.08. The predicted molar refractivity (Wildman–Crippen MR) is 123 cm³/mol. The molecule has 0 aliphatic carbocycles. The Labute approximate surface area is 197 Å². The molecule has 34 heavy (non-hydrogen) atoms. The number of ether oxygens (including phenoxy) is 2. The van der Waals surface area contributed by atoms with Crippen LogP contribution in [0.15, 0.2) is 42.5 Å². The third-order valence-corrected chi connectivity index (χ3v) is 5.41. The van der Waals surface area contributed by atoms with Gasteiger partial charge in [0.05, 0.1) is 13.7 Å². The zero-order chi connectivity index (χ0) is 24.9. The van der Waals surface area contributed by atoms with Crippen LogP contribution in [0.25, 0.3) is 0 Å². The molecule has 10 heteroatoms. The van der Waals surface area contributed by atoms with E-state index in [0.29, 0.717) is 23.7 Å². The van der Waals surface area contributed by atoms with E-state index in [-0.39, 0.29) is 5.56 Å². The van der Waals surface area contributed by atoms with Crippen molar-refractivity contribution in [3.05, 3.63) is 59.2 Å². The molecule has 10 nitrogen and oxygen atoms in total. The number of rotatable bonds is 8. The molecular weight excluding hydrogens is 440 g/mol. The second-order valence-electron chi connectivity index (χ2n) is 8.03. The Morgan fingerprint density at radius 1 is 1.06 bits per heavy atom. The summed E-state index contributed by atoms with van der Waals surface area (Å²) in [5.74, 6) is -1.02. The molecule has 3 rings (SSSR count). The van der Waals surface area contributed by atoms with Gasteiger partial charge in [0.2, 0.25) is 0 Å². The van der Waals surface area contributed by atoms with Gasteiger partial charge in [-0.2, -0.15) is 0 Å². The SMILES string of the molecule is CCCOc1ccc(C(=O)NNC(=O)CN2C(=O)NC(C)(c3ccc(C)cc3)C2=O)cc1OC. The molecule has 180 valence electrons. The van der Waals surface area contributed by atoms with Gasteiger partial charge in [0.1, 0.15) is 12.1 Å². The largest absolute Gasteiger partial charge is 0.493 e. The van der Waals surface area contributed by atoms with E-state index in [2.05, 4.69) is 16.2 Å². The lowest BCUT2D eigenvalue weighted by atomic mass is 9.91. The number of benzene rings is 2. The van der Waals surface area contributed by atoms with Crippen molar-refractivity contribution in [2.45, 2.75) is 32.7 Å². The van der Waals surface area contributed by atoms with E-state index < -0.39 is 35.8 Å². The smallest absolute Gasteiger partial charge is 0.325 e. The van der Waals surface area contributed by atoms with Crippen molar-refractivity contribution in [2.24, 2.45) is 0 Å². The molecule has 1 saturated heterocycles. The first-order valence-corrected chi connectivity index (χ1v) is 10.8. The number of urea groups is 1. The van der Waals surface area contributed by atoms with Crippen LogP contribution in [0.4, 0.5) is 4.79 Å². The first-order valence-electron chi connectivity index (χ1n) is 10.8. The maximum absolute atomic E-state index is 12.9. The Bertz CT molecular complexity index is 1100. The highest BCUT2D eigenvalue weighted by Crippen LogP contribution is 2.29. The summed E-state index contributed by atoms with van der Waals surface area (Å²) in [6, 6.07) is 11.1. The molecule has 0 aromatic heterocycles. The quantitative estimate of drug-likeness (QED) is 0.402. The third kappa shape index (κ3) is 5.11. The minimum Gasteiger partial charge on any atom is -0.493 e. The van der Waals surface area contributed by atoms with E-state index in [1.54, 1.807) is 25.1 Å². The Morgan fingerprint density at radius 2 is 1.76 bits per heavy atom. The lowest BCUT2D eigenvalue weighted by Crippen LogP contribution is -2.48. The van der Waals surface area contributed by atoms with E-state index >= 15 is 0 Å². The first-order chi connectivity index (χ1) is 16.2. The summed E-state index contributed by atoms with van der Waals surface area (Å²) in [6.07, 6.45) is 0.819. The van der Waals surface area contributed by atoms with Crippen LogP contribution in [0.5, 0.6) is 11.5 Å². The molecule has 2 aromatic carbocycles. The monoisotopic (exact) mass is 468 g/mol. The number of hydrazine groups is 1. The normalized spacial score (nSPS) is 17.2. The van der Waals surface area contributed by atoms with Gasteiger partial charge in [0.25, 0.3) is 17.7 Å². The van der Waals surface area contributed by atoms with Crippen LogP contribution in [0, 0.1) is 6.92 Å². The molecule has 5 amide bonds. The second-order valence-corrected chi connectivity index (χ2v) is 8.03. The van der Waals surface area contributed by atoms with Crippen molar-refractivity contribution in [3.63, 3.8) is 0 Å². The molecule has 1 fully saturated rings. The van der Waals surface area contributed by atoms with Gasteiger partial charge in [-0.25, -0.2) is 4.79 Å². The number of nitrogens with zero attached hydrogens (tertiary/aromatic N) is 1. The van der Waals surface area contributed by atoms with E-state index in [1.165, 1.54) is 19.2 Å². The fourth-order valence-electron chi connectivity index (χ4n) is 3.44. The van der Waals surface area contributed by atoms with Gasteiger partial charge < -0.3 is 14.8 Å². The number of carbonyl (C=O) groups excluding carboxylic acids is 4. The van der Waals surface area contributed by atoms with Gasteiger partial charge >= 0.3 is 6.03 Å². The number of carbonyl (C=O) groups is 4. The number of imide groups is 1. The van der Waals surface area contributed by atoms with Crippen LogP contribution < -0.4 is 25.6 Å². The molecule has 1 heterocycles. The zero-order valence-corrected chi connectivity index (χ0v) is 19.6. The van der Waals surface area contributed by atoms with Gasteiger partial charge in [-0.05, 0) is 44.0 Å². The molecule has 2 aromatic rings. The minimum atomic E-state index is -1.29. The number of nitrogens with one attached hydrogen (secondary N) is 3. The molecule has 1 unspecified atom stereocenters. The number of aryl methyl sites for hydroxylation is 1. The first kappa shape index (κ1) is 24.6. The summed E-state index contributed by atoms with van der Waals surface area (Å²) in [5, 5.41) is 2.64. The summed E-state index contributed by atoms with van der Waals surface area (Å²) in [6.45, 7) is 5.41. The molecule has 1 atom stereocenters. The highest BCUT2D eigenvalue weighted by Gasteiger charge is 2.49. The van der Waals surface area contributed by atoms with E-state index in [4.69, 9.17) is 9.47 Å². The van der Waals surface area contributed by atoms with Crippen LogP contribution in [0.1, 0.15) is 41.8 Å². The van der Waals surface area contributed by atoms with Gasteiger partial charge in [-0.1, -0.05) is 36.8 Å². The summed E-state index contributed by atoms with van der Waals surface area (Å²) in [4.78, 5) is 51.0. The summed E-state index contributed by atoms with van der Waals surface area (Å²) >= 11 is 0. The van der Waals surface area contributed by atoms with Gasteiger partial charge in [-0.15, -0.1) is 0 Å².